The lowest BCUT2D eigenvalue weighted by molar-refractivity contribution is 0.0119. The van der Waals surface area contributed by atoms with Gasteiger partial charge in [-0.1, -0.05) is 19.1 Å². The van der Waals surface area contributed by atoms with Crippen molar-refractivity contribution in [3.63, 3.8) is 0 Å². The van der Waals surface area contributed by atoms with Gasteiger partial charge in [-0.2, -0.15) is 0 Å². The largest absolute Gasteiger partial charge is 0.390 e. The monoisotopic (exact) mass is 128 g/mol. The van der Waals surface area contributed by atoms with Crippen molar-refractivity contribution in [3.05, 3.63) is 12.2 Å². The van der Waals surface area contributed by atoms with Gasteiger partial charge in [-0.3, -0.25) is 0 Å². The summed E-state index contributed by atoms with van der Waals surface area (Å²) in [5, 5.41) is 9.18. The van der Waals surface area contributed by atoms with E-state index >= 15 is 0 Å². The van der Waals surface area contributed by atoms with Gasteiger partial charge in [0, 0.05) is 0 Å². The van der Waals surface area contributed by atoms with Gasteiger partial charge in [0.1, 0.15) is 6.10 Å². The van der Waals surface area contributed by atoms with Crippen LogP contribution in [0.4, 0.5) is 0 Å². The highest BCUT2D eigenvalue weighted by Crippen LogP contribution is 2.09. The van der Waals surface area contributed by atoms with E-state index in [4.69, 9.17) is 4.74 Å². The molecule has 0 aliphatic carbocycles. The van der Waals surface area contributed by atoms with Crippen LogP contribution in [0.25, 0.3) is 0 Å². The van der Waals surface area contributed by atoms with Crippen LogP contribution in [0.3, 0.4) is 0 Å². The fraction of sp³-hybridized carbons (Fsp3) is 0.714. The maximum Gasteiger partial charge on any atom is 0.102 e. The van der Waals surface area contributed by atoms with E-state index in [-0.39, 0.29) is 12.2 Å². The Hall–Kier alpha value is -0.340. The average molecular weight is 128 g/mol. The predicted octanol–water partition coefficient (Wildman–Crippen LogP) is 0.712. The van der Waals surface area contributed by atoms with E-state index in [0.717, 1.165) is 6.42 Å². The molecular weight excluding hydrogens is 116 g/mol. The summed E-state index contributed by atoms with van der Waals surface area (Å²) in [5.74, 6) is 0. The number of hydrogen-bond donors (Lipinski definition) is 1. The van der Waals surface area contributed by atoms with Gasteiger partial charge in [-0.05, 0) is 6.42 Å². The van der Waals surface area contributed by atoms with Crippen LogP contribution in [0.1, 0.15) is 13.3 Å². The van der Waals surface area contributed by atoms with Gasteiger partial charge < -0.3 is 9.84 Å². The highest BCUT2D eigenvalue weighted by atomic mass is 16.5. The van der Waals surface area contributed by atoms with Gasteiger partial charge in [-0.25, -0.2) is 0 Å². The molecule has 2 heteroatoms. The second kappa shape index (κ2) is 2.99. The van der Waals surface area contributed by atoms with Crippen molar-refractivity contribution >= 4 is 0 Å². The third-order valence-corrected chi connectivity index (χ3v) is 1.51. The van der Waals surface area contributed by atoms with Crippen molar-refractivity contribution in [1.82, 2.24) is 0 Å². The molecule has 2 nitrogen and oxygen atoms in total. The molecule has 1 aliphatic rings. The predicted molar refractivity (Wildman–Crippen MR) is 35.2 cm³/mol. The van der Waals surface area contributed by atoms with Crippen LogP contribution in [0, 0.1) is 0 Å². The molecule has 0 bridgehead atoms. The lowest BCUT2D eigenvalue weighted by Gasteiger charge is -2.13. The lowest BCUT2D eigenvalue weighted by Crippen LogP contribution is -2.23. The van der Waals surface area contributed by atoms with E-state index in [1.165, 1.54) is 0 Å². The molecule has 0 amide bonds. The third-order valence-electron chi connectivity index (χ3n) is 1.51. The summed E-state index contributed by atoms with van der Waals surface area (Å²) < 4.78 is 5.14. The normalized spacial score (nSPS) is 28.9. The fourth-order valence-electron chi connectivity index (χ4n) is 0.884. The molecule has 52 valence electrons. The van der Waals surface area contributed by atoms with E-state index < -0.39 is 0 Å². The summed E-state index contributed by atoms with van der Waals surface area (Å²) in [4.78, 5) is 0. The van der Waals surface area contributed by atoms with Gasteiger partial charge in [0.2, 0.25) is 0 Å². The van der Waals surface area contributed by atoms with Crippen LogP contribution < -0.4 is 0 Å². The lowest BCUT2D eigenvalue weighted by atomic mass is 10.1. The van der Waals surface area contributed by atoms with Crippen LogP contribution in [-0.2, 0) is 4.74 Å². The molecule has 1 rings (SSSR count). The molecule has 0 spiro atoms. The standard InChI is InChI=1S/C7H12O2/c1-2-6(8)7-4-3-5-9-7/h3-4,6-8H,2,5H2,1H3. The average Bonchev–Trinajstić information content (AvgIpc) is 2.37. The first kappa shape index (κ1) is 6.78. The minimum Gasteiger partial charge on any atom is -0.390 e. The van der Waals surface area contributed by atoms with Gasteiger partial charge in [0.05, 0.1) is 12.7 Å². The van der Waals surface area contributed by atoms with Crippen LogP contribution in [0.5, 0.6) is 0 Å². The summed E-state index contributed by atoms with van der Waals surface area (Å²) in [6.45, 7) is 2.60. The van der Waals surface area contributed by atoms with Gasteiger partial charge >= 0.3 is 0 Å². The molecule has 0 aromatic heterocycles. The zero-order valence-electron chi connectivity index (χ0n) is 5.58. The molecule has 1 aliphatic heterocycles. The maximum atomic E-state index is 9.18. The van der Waals surface area contributed by atoms with Crippen molar-refractivity contribution in [1.29, 1.82) is 0 Å². The zero-order valence-corrected chi connectivity index (χ0v) is 5.58. The maximum absolute atomic E-state index is 9.18. The molecular formula is C7H12O2. The van der Waals surface area contributed by atoms with Crippen molar-refractivity contribution < 1.29 is 9.84 Å². The molecule has 2 atom stereocenters. The molecule has 0 fully saturated rings. The summed E-state index contributed by atoms with van der Waals surface area (Å²) in [6, 6.07) is 0. The first-order valence-electron chi connectivity index (χ1n) is 3.31. The van der Waals surface area contributed by atoms with Crippen LogP contribution in [0.2, 0.25) is 0 Å². The van der Waals surface area contributed by atoms with E-state index in [1.54, 1.807) is 0 Å². The molecule has 2 unspecified atom stereocenters. The molecule has 0 aromatic carbocycles. The highest BCUT2D eigenvalue weighted by Gasteiger charge is 2.16. The number of aliphatic hydroxyl groups excluding tert-OH is 1. The molecule has 0 saturated heterocycles. The number of aliphatic hydroxyl groups is 1. The summed E-state index contributed by atoms with van der Waals surface area (Å²) in [6.07, 6.45) is 4.24. The molecule has 9 heavy (non-hydrogen) atoms. The Labute approximate surface area is 55.1 Å². The molecule has 1 N–H and O–H groups in total. The quantitative estimate of drug-likeness (QED) is 0.555. The van der Waals surface area contributed by atoms with Crippen molar-refractivity contribution in [3.8, 4) is 0 Å². The second-order valence-corrected chi connectivity index (χ2v) is 2.20. The smallest absolute Gasteiger partial charge is 0.102 e. The van der Waals surface area contributed by atoms with Crippen molar-refractivity contribution in [2.45, 2.75) is 25.6 Å². The van der Waals surface area contributed by atoms with Crippen LogP contribution >= 0.6 is 0 Å². The Kier molecular flexibility index (Phi) is 2.25. The van der Waals surface area contributed by atoms with E-state index in [9.17, 15) is 5.11 Å². The SMILES string of the molecule is CCC(O)C1C=CCO1. The minimum absolute atomic E-state index is 0.0463. The molecule has 1 heterocycles. The third kappa shape index (κ3) is 1.53. The number of ether oxygens (including phenoxy) is 1. The van der Waals surface area contributed by atoms with Gasteiger partial charge in [-0.15, -0.1) is 0 Å². The Morgan fingerprint density at radius 2 is 2.67 bits per heavy atom. The number of hydrogen-bond acceptors (Lipinski definition) is 2. The Bertz CT molecular complexity index is 109. The summed E-state index contributed by atoms with van der Waals surface area (Å²) in [5.41, 5.74) is 0. The van der Waals surface area contributed by atoms with E-state index in [1.807, 2.05) is 19.1 Å². The molecule has 0 saturated carbocycles. The minimum atomic E-state index is -0.316. The van der Waals surface area contributed by atoms with Crippen LogP contribution in [-0.4, -0.2) is 23.9 Å². The van der Waals surface area contributed by atoms with Crippen molar-refractivity contribution in [2.24, 2.45) is 0 Å². The topological polar surface area (TPSA) is 29.5 Å². The summed E-state index contributed by atoms with van der Waals surface area (Å²) >= 11 is 0. The number of rotatable bonds is 2. The fourth-order valence-corrected chi connectivity index (χ4v) is 0.884. The second-order valence-electron chi connectivity index (χ2n) is 2.20. The highest BCUT2D eigenvalue weighted by molar-refractivity contribution is 4.98. The first-order valence-corrected chi connectivity index (χ1v) is 3.31. The van der Waals surface area contributed by atoms with E-state index in [2.05, 4.69) is 0 Å². The molecule has 0 radical (unpaired) electrons. The summed E-state index contributed by atoms with van der Waals surface area (Å²) in [7, 11) is 0. The van der Waals surface area contributed by atoms with Gasteiger partial charge in [0.25, 0.3) is 0 Å². The van der Waals surface area contributed by atoms with E-state index in [0.29, 0.717) is 6.61 Å². The Morgan fingerprint density at radius 1 is 1.89 bits per heavy atom. The Morgan fingerprint density at radius 3 is 3.11 bits per heavy atom. The zero-order chi connectivity index (χ0) is 6.69. The Balaban J connectivity index is 2.33. The van der Waals surface area contributed by atoms with Crippen LogP contribution in [0.15, 0.2) is 12.2 Å². The van der Waals surface area contributed by atoms with Crippen molar-refractivity contribution in [2.75, 3.05) is 6.61 Å². The first-order chi connectivity index (χ1) is 4.34. The van der Waals surface area contributed by atoms with Gasteiger partial charge in [0.15, 0.2) is 0 Å². The molecule has 0 aromatic rings.